The molecule has 3 aromatic rings. The molecule has 0 amide bonds. The summed E-state index contributed by atoms with van der Waals surface area (Å²) in [6.07, 6.45) is -0.238. The summed E-state index contributed by atoms with van der Waals surface area (Å²) >= 11 is 0. The molecular weight excluding hydrogens is 444 g/mol. The number of carbonyl (C=O) groups is 1. The van der Waals surface area contributed by atoms with Gasteiger partial charge in [0.15, 0.2) is 0 Å². The predicted octanol–water partition coefficient (Wildman–Crippen LogP) is 4.77. The number of sulfonamides is 1. The van der Waals surface area contributed by atoms with Crippen LogP contribution < -0.4 is 4.31 Å². The minimum Gasteiger partial charge on any atom is -0.466 e. The van der Waals surface area contributed by atoms with Crippen molar-refractivity contribution in [2.45, 2.75) is 31.2 Å². The third-order valence-corrected chi connectivity index (χ3v) is 7.40. The first-order valence-electron chi connectivity index (χ1n) is 10.4. The van der Waals surface area contributed by atoms with Gasteiger partial charge in [-0.2, -0.15) is 0 Å². The van der Waals surface area contributed by atoms with Crippen molar-refractivity contribution in [1.82, 2.24) is 0 Å². The van der Waals surface area contributed by atoms with Crippen molar-refractivity contribution in [2.24, 2.45) is 0 Å². The van der Waals surface area contributed by atoms with Crippen LogP contribution >= 0.6 is 0 Å². The molecule has 0 N–H and O–H groups in total. The van der Waals surface area contributed by atoms with Crippen molar-refractivity contribution < 1.29 is 22.9 Å². The van der Waals surface area contributed by atoms with Gasteiger partial charge < -0.3 is 4.74 Å². The molecule has 0 saturated carbocycles. The van der Waals surface area contributed by atoms with Crippen molar-refractivity contribution in [3.63, 3.8) is 0 Å². The van der Waals surface area contributed by atoms with Crippen LogP contribution in [-0.4, -0.2) is 25.9 Å². The van der Waals surface area contributed by atoms with E-state index in [2.05, 4.69) is 0 Å². The summed E-state index contributed by atoms with van der Waals surface area (Å²) in [5, 5.41) is 11.4. The number of anilines is 1. The largest absolute Gasteiger partial charge is 0.466 e. The van der Waals surface area contributed by atoms with E-state index in [1.54, 1.807) is 43.3 Å². The molecule has 1 unspecified atom stereocenters. The highest BCUT2D eigenvalue weighted by Gasteiger charge is 2.40. The molecule has 9 heteroatoms. The number of hydrogen-bond donors (Lipinski definition) is 0. The quantitative estimate of drug-likeness (QED) is 0.294. The molecular formula is C24H22N2O6S. The summed E-state index contributed by atoms with van der Waals surface area (Å²) in [6, 6.07) is 16.6. The highest BCUT2D eigenvalue weighted by molar-refractivity contribution is 7.92. The third kappa shape index (κ3) is 4.07. The molecule has 0 radical (unpaired) electrons. The van der Waals surface area contributed by atoms with Gasteiger partial charge in [-0.1, -0.05) is 35.9 Å². The lowest BCUT2D eigenvalue weighted by molar-refractivity contribution is -0.384. The van der Waals surface area contributed by atoms with Crippen molar-refractivity contribution in [2.75, 3.05) is 10.9 Å². The number of hydrogen-bond acceptors (Lipinski definition) is 6. The zero-order valence-electron chi connectivity index (χ0n) is 18.1. The SMILES string of the molecule is CCOC(=O)CC1c2ccc([N+](=O)[O-])cc2-c2ccccc2N1S(=O)(=O)c1ccc(C)cc1. The molecule has 0 aromatic heterocycles. The third-order valence-electron chi connectivity index (χ3n) is 5.56. The zero-order valence-corrected chi connectivity index (χ0v) is 18.9. The molecule has 1 heterocycles. The molecule has 0 aliphatic carbocycles. The second-order valence-electron chi connectivity index (χ2n) is 7.68. The minimum absolute atomic E-state index is 0.0853. The fourth-order valence-corrected chi connectivity index (χ4v) is 5.71. The van der Waals surface area contributed by atoms with Gasteiger partial charge in [-0.3, -0.25) is 19.2 Å². The lowest BCUT2D eigenvalue weighted by atomic mass is 9.88. The Balaban J connectivity index is 1.96. The summed E-state index contributed by atoms with van der Waals surface area (Å²) in [5.74, 6) is -0.560. The number of esters is 1. The molecule has 3 aromatic carbocycles. The molecule has 4 rings (SSSR count). The number of nitro groups is 1. The normalized spacial score (nSPS) is 14.8. The summed E-state index contributed by atoms with van der Waals surface area (Å²) in [6.45, 7) is 3.69. The molecule has 1 aliphatic rings. The smallest absolute Gasteiger partial charge is 0.308 e. The van der Waals surface area contributed by atoms with E-state index in [0.29, 0.717) is 22.4 Å². The van der Waals surface area contributed by atoms with Gasteiger partial charge in [0.2, 0.25) is 0 Å². The van der Waals surface area contributed by atoms with Crippen LogP contribution in [-0.2, 0) is 19.6 Å². The maximum atomic E-state index is 13.9. The van der Waals surface area contributed by atoms with Gasteiger partial charge in [-0.05, 0) is 49.2 Å². The van der Waals surface area contributed by atoms with E-state index in [0.717, 1.165) is 5.56 Å². The zero-order chi connectivity index (χ0) is 23.8. The summed E-state index contributed by atoms with van der Waals surface area (Å²) in [7, 11) is -4.08. The van der Waals surface area contributed by atoms with E-state index in [4.69, 9.17) is 4.74 Å². The topological polar surface area (TPSA) is 107 Å². The molecule has 0 bridgehead atoms. The number of benzene rings is 3. The van der Waals surface area contributed by atoms with E-state index in [9.17, 15) is 23.3 Å². The Labute approximate surface area is 191 Å². The van der Waals surface area contributed by atoms with E-state index >= 15 is 0 Å². The minimum atomic E-state index is -4.08. The van der Waals surface area contributed by atoms with Crippen LogP contribution in [0.25, 0.3) is 11.1 Å². The van der Waals surface area contributed by atoms with Crippen LogP contribution in [0.5, 0.6) is 0 Å². The molecule has 1 aliphatic heterocycles. The second kappa shape index (κ2) is 8.67. The molecule has 8 nitrogen and oxygen atoms in total. The summed E-state index contributed by atoms with van der Waals surface area (Å²) < 4.78 is 34.1. The highest BCUT2D eigenvalue weighted by atomic mass is 32.2. The Morgan fingerprint density at radius 1 is 1.06 bits per heavy atom. The van der Waals surface area contributed by atoms with Crippen molar-refractivity contribution in [3.05, 3.63) is 88.0 Å². The number of rotatable bonds is 6. The number of fused-ring (bicyclic) bond motifs is 3. The summed E-state index contributed by atoms with van der Waals surface area (Å²) in [5.41, 5.74) is 2.70. The Kier molecular flexibility index (Phi) is 5.90. The maximum Gasteiger partial charge on any atom is 0.308 e. The Morgan fingerprint density at radius 2 is 1.76 bits per heavy atom. The van der Waals surface area contributed by atoms with Gasteiger partial charge >= 0.3 is 5.97 Å². The van der Waals surface area contributed by atoms with Gasteiger partial charge in [-0.25, -0.2) is 8.42 Å². The predicted molar refractivity (Wildman–Crippen MR) is 123 cm³/mol. The number of aryl methyl sites for hydroxylation is 1. The Bertz CT molecular complexity index is 1340. The van der Waals surface area contributed by atoms with E-state index in [-0.39, 0.29) is 23.6 Å². The van der Waals surface area contributed by atoms with Crippen molar-refractivity contribution in [1.29, 1.82) is 0 Å². The Morgan fingerprint density at radius 3 is 2.42 bits per heavy atom. The first-order valence-corrected chi connectivity index (χ1v) is 11.8. The number of para-hydroxylation sites is 1. The molecule has 170 valence electrons. The fraction of sp³-hybridized carbons (Fsp3) is 0.208. The van der Waals surface area contributed by atoms with Crippen LogP contribution in [0, 0.1) is 17.0 Å². The number of nitro benzene ring substituents is 1. The van der Waals surface area contributed by atoms with Gasteiger partial charge in [0, 0.05) is 17.7 Å². The maximum absolute atomic E-state index is 13.9. The van der Waals surface area contributed by atoms with Gasteiger partial charge in [-0.15, -0.1) is 0 Å². The van der Waals surface area contributed by atoms with Gasteiger partial charge in [0.05, 0.1) is 34.6 Å². The van der Waals surface area contributed by atoms with Crippen LogP contribution in [0.1, 0.15) is 30.5 Å². The first-order chi connectivity index (χ1) is 15.7. The fourth-order valence-electron chi connectivity index (χ4n) is 4.06. The standard InChI is InChI=1S/C24H22N2O6S/c1-3-32-24(27)15-23-20-13-10-17(26(28)29)14-21(20)19-6-4-5-7-22(19)25(23)33(30,31)18-11-8-16(2)9-12-18/h4-14,23H,3,15H2,1-2H3. The number of non-ortho nitro benzene ring substituents is 1. The lowest BCUT2D eigenvalue weighted by Crippen LogP contribution is -2.39. The van der Waals surface area contributed by atoms with E-state index < -0.39 is 27.0 Å². The van der Waals surface area contributed by atoms with Gasteiger partial charge in [0.1, 0.15) is 0 Å². The number of carbonyl (C=O) groups excluding carboxylic acids is 1. The summed E-state index contributed by atoms with van der Waals surface area (Å²) in [4.78, 5) is 23.5. The molecule has 0 fully saturated rings. The van der Waals surface area contributed by atoms with Crippen LogP contribution in [0.4, 0.5) is 11.4 Å². The number of nitrogens with zero attached hydrogens (tertiary/aromatic N) is 2. The molecule has 0 saturated heterocycles. The first kappa shape index (κ1) is 22.5. The van der Waals surface area contributed by atoms with Crippen LogP contribution in [0.2, 0.25) is 0 Å². The lowest BCUT2D eigenvalue weighted by Gasteiger charge is -2.38. The molecule has 1 atom stereocenters. The van der Waals surface area contributed by atoms with E-state index in [1.165, 1.54) is 34.6 Å². The van der Waals surface area contributed by atoms with Crippen LogP contribution in [0.15, 0.2) is 71.6 Å². The highest BCUT2D eigenvalue weighted by Crippen LogP contribution is 2.49. The van der Waals surface area contributed by atoms with Crippen molar-refractivity contribution >= 4 is 27.4 Å². The Hall–Kier alpha value is -3.72. The molecule has 0 spiro atoms. The second-order valence-corrected chi connectivity index (χ2v) is 9.50. The average molecular weight is 467 g/mol. The average Bonchev–Trinajstić information content (AvgIpc) is 2.79. The molecule has 33 heavy (non-hydrogen) atoms. The van der Waals surface area contributed by atoms with E-state index in [1.807, 2.05) is 6.92 Å². The van der Waals surface area contributed by atoms with Gasteiger partial charge in [0.25, 0.3) is 15.7 Å². The van der Waals surface area contributed by atoms with Crippen molar-refractivity contribution in [3.8, 4) is 11.1 Å². The number of ether oxygens (including phenoxy) is 1. The monoisotopic (exact) mass is 466 g/mol. The van der Waals surface area contributed by atoms with Crippen LogP contribution in [0.3, 0.4) is 0 Å².